The highest BCUT2D eigenvalue weighted by Crippen LogP contribution is 2.36. The molecule has 0 aromatic heterocycles. The summed E-state index contributed by atoms with van der Waals surface area (Å²) in [4.78, 5) is 25.3. The van der Waals surface area contributed by atoms with E-state index in [0.29, 0.717) is 5.56 Å². The van der Waals surface area contributed by atoms with Crippen molar-refractivity contribution in [2.45, 2.75) is 26.3 Å². The minimum atomic E-state index is -1.34. The zero-order valence-corrected chi connectivity index (χ0v) is 14.7. The molecule has 0 bridgehead atoms. The highest BCUT2D eigenvalue weighted by atomic mass is 32.2. The van der Waals surface area contributed by atoms with E-state index >= 15 is 0 Å². The molecule has 0 saturated carbocycles. The van der Waals surface area contributed by atoms with Crippen LogP contribution < -0.4 is 5.11 Å². The molecule has 2 N–H and O–H groups in total. The van der Waals surface area contributed by atoms with Gasteiger partial charge in [0.05, 0.1) is 16.9 Å². The number of rotatable bonds is 5. The highest BCUT2D eigenvalue weighted by Gasteiger charge is 2.37. The number of hydrogen-bond acceptors (Lipinski definition) is 7. The SMILES string of the molecule is CC(C)C[C@H](C(=O)[O-])N1C(=O)/C(=C/c2ccc(O)c(O)c2)SC1=S. The zero-order valence-electron chi connectivity index (χ0n) is 13.1. The van der Waals surface area contributed by atoms with Gasteiger partial charge in [-0.2, -0.15) is 0 Å². The number of phenols is 2. The summed E-state index contributed by atoms with van der Waals surface area (Å²) in [6.07, 6.45) is 1.72. The van der Waals surface area contributed by atoms with Gasteiger partial charge in [0.15, 0.2) is 11.5 Å². The number of aliphatic carboxylic acids is 1. The Morgan fingerprint density at radius 1 is 1.38 bits per heavy atom. The van der Waals surface area contributed by atoms with Gasteiger partial charge in [0.2, 0.25) is 0 Å². The van der Waals surface area contributed by atoms with Crippen molar-refractivity contribution in [2.75, 3.05) is 0 Å². The van der Waals surface area contributed by atoms with Crippen molar-refractivity contribution < 1.29 is 24.9 Å². The largest absolute Gasteiger partial charge is 0.548 e. The van der Waals surface area contributed by atoms with Crippen molar-refractivity contribution in [2.24, 2.45) is 5.92 Å². The van der Waals surface area contributed by atoms with Gasteiger partial charge in [0, 0.05) is 0 Å². The molecule has 8 heteroatoms. The van der Waals surface area contributed by atoms with E-state index in [1.165, 1.54) is 24.3 Å². The second-order valence-corrected chi connectivity index (χ2v) is 7.44. The molecule has 1 aliphatic heterocycles. The zero-order chi connectivity index (χ0) is 18.0. The number of carbonyl (C=O) groups excluding carboxylic acids is 2. The van der Waals surface area contributed by atoms with Crippen molar-refractivity contribution in [3.63, 3.8) is 0 Å². The van der Waals surface area contributed by atoms with Crippen molar-refractivity contribution in [3.05, 3.63) is 28.7 Å². The molecular formula is C16H16NO5S2-. The van der Waals surface area contributed by atoms with Crippen LogP contribution in [0, 0.1) is 5.92 Å². The van der Waals surface area contributed by atoms with E-state index in [-0.39, 0.29) is 33.1 Å². The molecule has 1 amide bonds. The Morgan fingerprint density at radius 2 is 2.04 bits per heavy atom. The van der Waals surface area contributed by atoms with Gasteiger partial charge in [0.1, 0.15) is 4.32 Å². The van der Waals surface area contributed by atoms with Gasteiger partial charge in [-0.25, -0.2) is 0 Å². The van der Waals surface area contributed by atoms with Gasteiger partial charge in [-0.3, -0.25) is 9.69 Å². The van der Waals surface area contributed by atoms with Gasteiger partial charge >= 0.3 is 0 Å². The molecule has 1 aromatic carbocycles. The van der Waals surface area contributed by atoms with Crippen LogP contribution in [0.4, 0.5) is 0 Å². The van der Waals surface area contributed by atoms with Crippen LogP contribution in [0.25, 0.3) is 6.08 Å². The summed E-state index contributed by atoms with van der Waals surface area (Å²) in [6, 6.07) is 3.00. The molecule has 0 radical (unpaired) electrons. The Bertz CT molecular complexity index is 729. The fraction of sp³-hybridized carbons (Fsp3) is 0.312. The molecule has 2 rings (SSSR count). The maximum Gasteiger partial charge on any atom is 0.266 e. The first-order valence-corrected chi connectivity index (χ1v) is 8.43. The van der Waals surface area contributed by atoms with Crippen LogP contribution in [0.1, 0.15) is 25.8 Å². The lowest BCUT2D eigenvalue weighted by Gasteiger charge is -2.28. The van der Waals surface area contributed by atoms with Gasteiger partial charge < -0.3 is 20.1 Å². The predicted octanol–water partition coefficient (Wildman–Crippen LogP) is 1.46. The Labute approximate surface area is 148 Å². The topological polar surface area (TPSA) is 101 Å². The lowest BCUT2D eigenvalue weighted by atomic mass is 10.0. The Kier molecular flexibility index (Phi) is 5.51. The molecule has 1 aliphatic rings. The second-order valence-electron chi connectivity index (χ2n) is 5.76. The molecule has 24 heavy (non-hydrogen) atoms. The van der Waals surface area contributed by atoms with E-state index in [2.05, 4.69) is 0 Å². The summed E-state index contributed by atoms with van der Waals surface area (Å²) >= 11 is 6.15. The second kappa shape index (κ2) is 7.23. The first kappa shape index (κ1) is 18.3. The molecule has 1 aromatic rings. The average molecular weight is 366 g/mol. The van der Waals surface area contributed by atoms with Crippen molar-refractivity contribution in [1.82, 2.24) is 4.90 Å². The smallest absolute Gasteiger partial charge is 0.266 e. The summed E-state index contributed by atoms with van der Waals surface area (Å²) in [5.74, 6) is -2.38. The summed E-state index contributed by atoms with van der Waals surface area (Å²) in [7, 11) is 0. The molecule has 1 heterocycles. The maximum absolute atomic E-state index is 12.5. The van der Waals surface area contributed by atoms with Gasteiger partial charge in [-0.1, -0.05) is 43.9 Å². The predicted molar refractivity (Wildman–Crippen MR) is 93.0 cm³/mol. The third-order valence-electron chi connectivity index (χ3n) is 3.40. The standard InChI is InChI=1S/C16H17NO5S2/c1-8(2)5-10(15(21)22)17-14(20)13(24-16(17)23)7-9-3-4-11(18)12(19)6-9/h3-4,6-8,10,18-19H,5H2,1-2H3,(H,21,22)/p-1/b13-7-/t10-/m1/s1. The third kappa shape index (κ3) is 3.88. The summed E-state index contributed by atoms with van der Waals surface area (Å²) in [5, 5.41) is 30.2. The van der Waals surface area contributed by atoms with E-state index in [1.54, 1.807) is 0 Å². The molecule has 1 saturated heterocycles. The van der Waals surface area contributed by atoms with E-state index < -0.39 is 17.9 Å². The quantitative estimate of drug-likeness (QED) is 0.462. The van der Waals surface area contributed by atoms with Crippen LogP contribution >= 0.6 is 24.0 Å². The van der Waals surface area contributed by atoms with Crippen LogP contribution in [0.15, 0.2) is 23.1 Å². The first-order valence-electron chi connectivity index (χ1n) is 7.20. The number of nitrogens with zero attached hydrogens (tertiary/aromatic N) is 1. The number of carboxylic acid groups (broad SMARTS) is 1. The number of aromatic hydroxyl groups is 2. The number of thiocarbonyl (C=S) groups is 1. The van der Waals surface area contributed by atoms with Gasteiger partial charge in [-0.15, -0.1) is 0 Å². The van der Waals surface area contributed by atoms with Crippen LogP contribution in [0.5, 0.6) is 11.5 Å². The number of benzene rings is 1. The van der Waals surface area contributed by atoms with E-state index in [9.17, 15) is 24.9 Å². The Hall–Kier alpha value is -2.06. The minimum Gasteiger partial charge on any atom is -0.548 e. The van der Waals surface area contributed by atoms with Crippen molar-refractivity contribution >= 4 is 46.3 Å². The Balaban J connectivity index is 2.31. The van der Waals surface area contributed by atoms with Crippen molar-refractivity contribution in [1.29, 1.82) is 0 Å². The molecular weight excluding hydrogens is 350 g/mol. The molecule has 0 unspecified atom stereocenters. The third-order valence-corrected chi connectivity index (χ3v) is 4.73. The Morgan fingerprint density at radius 3 is 2.58 bits per heavy atom. The van der Waals surface area contributed by atoms with Crippen LogP contribution in [0.2, 0.25) is 0 Å². The molecule has 1 atom stereocenters. The van der Waals surface area contributed by atoms with Crippen LogP contribution in [0.3, 0.4) is 0 Å². The minimum absolute atomic E-state index is 0.0515. The van der Waals surface area contributed by atoms with Crippen molar-refractivity contribution in [3.8, 4) is 11.5 Å². The molecule has 1 fully saturated rings. The van der Waals surface area contributed by atoms with Gasteiger partial charge in [-0.05, 0) is 36.1 Å². The first-order chi connectivity index (χ1) is 11.2. The summed E-state index contributed by atoms with van der Waals surface area (Å²) < 4.78 is 0.157. The monoisotopic (exact) mass is 366 g/mol. The van der Waals surface area contributed by atoms with E-state index in [1.807, 2.05) is 13.8 Å². The van der Waals surface area contributed by atoms with Crippen LogP contribution in [-0.2, 0) is 9.59 Å². The van der Waals surface area contributed by atoms with Gasteiger partial charge in [0.25, 0.3) is 5.91 Å². The fourth-order valence-electron chi connectivity index (χ4n) is 2.28. The highest BCUT2D eigenvalue weighted by molar-refractivity contribution is 8.26. The average Bonchev–Trinajstić information content (AvgIpc) is 2.75. The molecule has 128 valence electrons. The number of thioether (sulfide) groups is 1. The number of phenolic OH excluding ortho intramolecular Hbond substituents is 2. The lowest BCUT2D eigenvalue weighted by Crippen LogP contribution is -2.50. The molecule has 6 nitrogen and oxygen atoms in total. The van der Waals surface area contributed by atoms with Crippen LogP contribution in [-0.4, -0.2) is 37.4 Å². The summed E-state index contributed by atoms with van der Waals surface area (Å²) in [6.45, 7) is 3.70. The van der Waals surface area contributed by atoms with E-state index in [0.717, 1.165) is 16.7 Å². The fourth-order valence-corrected chi connectivity index (χ4v) is 3.64. The normalized spacial score (nSPS) is 17.8. The molecule has 0 spiro atoms. The molecule has 0 aliphatic carbocycles. The number of carboxylic acids is 1. The van der Waals surface area contributed by atoms with E-state index in [4.69, 9.17) is 12.2 Å². The summed E-state index contributed by atoms with van der Waals surface area (Å²) in [5.41, 5.74) is 0.486. The maximum atomic E-state index is 12.5. The number of amides is 1. The number of hydrogen-bond donors (Lipinski definition) is 2. The lowest BCUT2D eigenvalue weighted by molar-refractivity contribution is -0.310. The number of carbonyl (C=O) groups is 2.